The molecule has 1 rings (SSSR count). The summed E-state index contributed by atoms with van der Waals surface area (Å²) in [6, 6.07) is 0. The predicted octanol–water partition coefficient (Wildman–Crippen LogP) is 0.617. The largest absolute Gasteiger partial charge is 0.453 e. The highest BCUT2D eigenvalue weighted by molar-refractivity contribution is 5.66. The van der Waals surface area contributed by atoms with Gasteiger partial charge in [0.25, 0.3) is 0 Å². The van der Waals surface area contributed by atoms with Gasteiger partial charge in [-0.2, -0.15) is 5.10 Å². The second-order valence-electron chi connectivity index (χ2n) is 2.69. The predicted molar refractivity (Wildman–Crippen MR) is 47.4 cm³/mol. The van der Waals surface area contributed by atoms with E-state index in [1.54, 1.807) is 6.20 Å². The quantitative estimate of drug-likeness (QED) is 0.721. The number of amides is 1. The van der Waals surface area contributed by atoms with E-state index < -0.39 is 6.09 Å². The third-order valence-corrected chi connectivity index (χ3v) is 1.78. The molecule has 0 aliphatic rings. The Balaban J connectivity index is 2.28. The smallest absolute Gasteiger partial charge is 0.406 e. The first-order valence-corrected chi connectivity index (χ1v) is 4.04. The number of aromatic nitrogens is 2. The molecule has 1 amide bonds. The van der Waals surface area contributed by atoms with Gasteiger partial charge >= 0.3 is 6.09 Å². The van der Waals surface area contributed by atoms with Crippen molar-refractivity contribution in [2.45, 2.75) is 13.3 Å². The summed E-state index contributed by atoms with van der Waals surface area (Å²) in [6.07, 6.45) is 2.12. The van der Waals surface area contributed by atoms with Crippen LogP contribution in [0.25, 0.3) is 0 Å². The van der Waals surface area contributed by atoms with Crippen molar-refractivity contribution in [1.29, 1.82) is 0 Å². The molecule has 0 spiro atoms. The molecule has 5 heteroatoms. The maximum absolute atomic E-state index is 10.7. The Morgan fingerprint density at radius 1 is 1.77 bits per heavy atom. The first kappa shape index (κ1) is 9.57. The standard InChI is InChI=1S/C8H13N3O2/c1-6-7(5-10-11-6)3-4-9-8(12)13-2/h5H,3-4H2,1-2H3,(H,9,12)(H,10,11). The van der Waals surface area contributed by atoms with Gasteiger partial charge in [-0.15, -0.1) is 0 Å². The number of aromatic amines is 1. The number of H-pyrrole nitrogens is 1. The monoisotopic (exact) mass is 183 g/mol. The summed E-state index contributed by atoms with van der Waals surface area (Å²) in [5.41, 5.74) is 2.14. The van der Waals surface area contributed by atoms with Crippen LogP contribution in [0.4, 0.5) is 4.79 Å². The van der Waals surface area contributed by atoms with Gasteiger partial charge < -0.3 is 10.1 Å². The van der Waals surface area contributed by atoms with Crippen LogP contribution < -0.4 is 5.32 Å². The average Bonchev–Trinajstić information content (AvgIpc) is 2.52. The van der Waals surface area contributed by atoms with Crippen molar-refractivity contribution in [1.82, 2.24) is 15.5 Å². The van der Waals surface area contributed by atoms with Crippen LogP contribution in [-0.2, 0) is 11.2 Å². The van der Waals surface area contributed by atoms with Crippen LogP contribution >= 0.6 is 0 Å². The molecule has 0 atom stereocenters. The number of ether oxygens (including phenoxy) is 1. The highest BCUT2D eigenvalue weighted by atomic mass is 16.5. The zero-order valence-electron chi connectivity index (χ0n) is 7.76. The van der Waals surface area contributed by atoms with Gasteiger partial charge in [-0.25, -0.2) is 4.79 Å². The normalized spacial score (nSPS) is 9.69. The van der Waals surface area contributed by atoms with Crippen molar-refractivity contribution < 1.29 is 9.53 Å². The van der Waals surface area contributed by atoms with Crippen LogP contribution in [0.15, 0.2) is 6.20 Å². The number of carbonyl (C=O) groups excluding carboxylic acids is 1. The SMILES string of the molecule is COC(=O)NCCc1cn[nH]c1C. The van der Waals surface area contributed by atoms with Gasteiger partial charge in [0.2, 0.25) is 0 Å². The molecule has 0 aliphatic heterocycles. The van der Waals surface area contributed by atoms with Gasteiger partial charge in [0, 0.05) is 12.2 Å². The van der Waals surface area contributed by atoms with E-state index in [1.165, 1.54) is 7.11 Å². The van der Waals surface area contributed by atoms with Crippen molar-refractivity contribution in [2.24, 2.45) is 0 Å². The minimum atomic E-state index is -0.402. The number of rotatable bonds is 3. The summed E-state index contributed by atoms with van der Waals surface area (Å²) >= 11 is 0. The molecule has 0 saturated heterocycles. The Morgan fingerprint density at radius 3 is 3.08 bits per heavy atom. The summed E-state index contributed by atoms with van der Waals surface area (Å²) in [6.45, 7) is 2.51. The number of hydrogen-bond donors (Lipinski definition) is 2. The van der Waals surface area contributed by atoms with Crippen molar-refractivity contribution in [3.63, 3.8) is 0 Å². The highest BCUT2D eigenvalue weighted by Gasteiger charge is 2.01. The Kier molecular flexibility index (Phi) is 3.31. The summed E-state index contributed by atoms with van der Waals surface area (Å²) in [5.74, 6) is 0. The van der Waals surface area contributed by atoms with Crippen molar-refractivity contribution in [3.8, 4) is 0 Å². The van der Waals surface area contributed by atoms with Gasteiger partial charge in [-0.05, 0) is 18.9 Å². The molecule has 5 nitrogen and oxygen atoms in total. The fraction of sp³-hybridized carbons (Fsp3) is 0.500. The van der Waals surface area contributed by atoms with E-state index >= 15 is 0 Å². The number of carbonyl (C=O) groups is 1. The summed E-state index contributed by atoms with van der Waals surface area (Å²) < 4.78 is 4.43. The number of methoxy groups -OCH3 is 1. The van der Waals surface area contributed by atoms with E-state index in [0.29, 0.717) is 6.54 Å². The van der Waals surface area contributed by atoms with Crippen molar-refractivity contribution in [3.05, 3.63) is 17.5 Å². The summed E-state index contributed by atoms with van der Waals surface area (Å²) in [5, 5.41) is 9.29. The molecular formula is C8H13N3O2. The minimum Gasteiger partial charge on any atom is -0.453 e. The second kappa shape index (κ2) is 4.49. The number of alkyl carbamates (subject to hydrolysis) is 1. The first-order valence-electron chi connectivity index (χ1n) is 4.04. The van der Waals surface area contributed by atoms with Gasteiger partial charge in [-0.1, -0.05) is 0 Å². The molecular weight excluding hydrogens is 170 g/mol. The first-order chi connectivity index (χ1) is 6.24. The number of hydrogen-bond acceptors (Lipinski definition) is 3. The zero-order chi connectivity index (χ0) is 9.68. The van der Waals surface area contributed by atoms with E-state index in [1.807, 2.05) is 6.92 Å². The van der Waals surface area contributed by atoms with Crippen LogP contribution in [0.2, 0.25) is 0 Å². The van der Waals surface area contributed by atoms with E-state index in [4.69, 9.17) is 0 Å². The Bertz CT molecular complexity index is 283. The fourth-order valence-corrected chi connectivity index (χ4v) is 0.999. The highest BCUT2D eigenvalue weighted by Crippen LogP contribution is 2.01. The molecule has 1 aromatic rings. The lowest BCUT2D eigenvalue weighted by Gasteiger charge is -2.01. The molecule has 2 N–H and O–H groups in total. The number of aryl methyl sites for hydroxylation is 1. The Labute approximate surface area is 76.5 Å². The van der Waals surface area contributed by atoms with Crippen LogP contribution in [0.3, 0.4) is 0 Å². The topological polar surface area (TPSA) is 67.0 Å². The molecule has 0 saturated carbocycles. The fourth-order valence-electron chi connectivity index (χ4n) is 0.999. The molecule has 0 aromatic carbocycles. The summed E-state index contributed by atoms with van der Waals surface area (Å²) in [7, 11) is 1.35. The third kappa shape index (κ3) is 2.77. The number of nitrogens with one attached hydrogen (secondary N) is 2. The molecule has 72 valence electrons. The van der Waals surface area contributed by atoms with E-state index in [0.717, 1.165) is 17.7 Å². The lowest BCUT2D eigenvalue weighted by Crippen LogP contribution is -2.25. The van der Waals surface area contributed by atoms with Gasteiger partial charge in [0.15, 0.2) is 0 Å². The molecule has 0 radical (unpaired) electrons. The Morgan fingerprint density at radius 2 is 2.54 bits per heavy atom. The Hall–Kier alpha value is -1.52. The number of nitrogens with zero attached hydrogens (tertiary/aromatic N) is 1. The average molecular weight is 183 g/mol. The maximum Gasteiger partial charge on any atom is 0.406 e. The lowest BCUT2D eigenvalue weighted by molar-refractivity contribution is 0.171. The third-order valence-electron chi connectivity index (χ3n) is 1.78. The molecule has 0 bridgehead atoms. The van der Waals surface area contributed by atoms with E-state index in [-0.39, 0.29) is 0 Å². The van der Waals surface area contributed by atoms with Gasteiger partial charge in [0.1, 0.15) is 0 Å². The molecule has 1 heterocycles. The van der Waals surface area contributed by atoms with Crippen LogP contribution in [0.1, 0.15) is 11.3 Å². The van der Waals surface area contributed by atoms with Crippen LogP contribution in [-0.4, -0.2) is 29.9 Å². The van der Waals surface area contributed by atoms with Crippen LogP contribution in [0.5, 0.6) is 0 Å². The molecule has 0 aliphatic carbocycles. The van der Waals surface area contributed by atoms with E-state index in [2.05, 4.69) is 20.3 Å². The maximum atomic E-state index is 10.7. The van der Waals surface area contributed by atoms with Gasteiger partial charge in [-0.3, -0.25) is 5.10 Å². The van der Waals surface area contributed by atoms with Crippen LogP contribution in [0, 0.1) is 6.92 Å². The molecule has 0 fully saturated rings. The van der Waals surface area contributed by atoms with E-state index in [9.17, 15) is 4.79 Å². The van der Waals surface area contributed by atoms with Gasteiger partial charge in [0.05, 0.1) is 13.3 Å². The molecule has 1 aromatic heterocycles. The summed E-state index contributed by atoms with van der Waals surface area (Å²) in [4.78, 5) is 10.7. The molecule has 13 heavy (non-hydrogen) atoms. The second-order valence-corrected chi connectivity index (χ2v) is 2.69. The van der Waals surface area contributed by atoms with Crippen molar-refractivity contribution >= 4 is 6.09 Å². The minimum absolute atomic E-state index is 0.402. The van der Waals surface area contributed by atoms with Crippen molar-refractivity contribution in [2.75, 3.05) is 13.7 Å². The molecule has 0 unspecified atom stereocenters. The lowest BCUT2D eigenvalue weighted by atomic mass is 10.2. The zero-order valence-corrected chi connectivity index (χ0v) is 7.76.